The van der Waals surface area contributed by atoms with Crippen molar-refractivity contribution < 1.29 is 12.8 Å². The first-order valence-corrected chi connectivity index (χ1v) is 10.5. The van der Waals surface area contributed by atoms with Crippen LogP contribution in [-0.4, -0.2) is 31.7 Å². The van der Waals surface area contributed by atoms with Crippen LogP contribution in [0.5, 0.6) is 0 Å². The first kappa shape index (κ1) is 18.4. The van der Waals surface area contributed by atoms with Crippen LogP contribution >= 0.6 is 0 Å². The molecule has 0 radical (unpaired) electrons. The van der Waals surface area contributed by atoms with Crippen molar-refractivity contribution >= 4 is 21.5 Å². The molecule has 1 aromatic heterocycles. The highest BCUT2D eigenvalue weighted by molar-refractivity contribution is 7.92. The molecule has 8 heteroatoms. The minimum atomic E-state index is -3.89. The monoisotopic (exact) mass is 398 g/mol. The highest BCUT2D eigenvalue weighted by Crippen LogP contribution is 2.24. The van der Waals surface area contributed by atoms with Gasteiger partial charge in [-0.05, 0) is 55.3 Å². The van der Waals surface area contributed by atoms with Crippen LogP contribution in [0.25, 0.3) is 11.3 Å². The third-order valence-corrected chi connectivity index (χ3v) is 5.98. The lowest BCUT2D eigenvalue weighted by atomic mass is 10.1. The summed E-state index contributed by atoms with van der Waals surface area (Å²) in [6, 6.07) is 15.6. The van der Waals surface area contributed by atoms with Crippen LogP contribution in [0.3, 0.4) is 0 Å². The summed E-state index contributed by atoms with van der Waals surface area (Å²) in [6.45, 7) is 1.98. The lowest BCUT2D eigenvalue weighted by molar-refractivity contribution is 0.595. The zero-order valence-electron chi connectivity index (χ0n) is 15.0. The second-order valence-electron chi connectivity index (χ2n) is 6.61. The molecule has 1 saturated heterocycles. The van der Waals surface area contributed by atoms with Crippen LogP contribution in [0.1, 0.15) is 12.8 Å². The van der Waals surface area contributed by atoms with E-state index in [1.165, 1.54) is 18.2 Å². The van der Waals surface area contributed by atoms with E-state index in [-0.39, 0.29) is 4.90 Å². The summed E-state index contributed by atoms with van der Waals surface area (Å²) in [7, 11) is -3.89. The van der Waals surface area contributed by atoms with Crippen molar-refractivity contribution in [2.75, 3.05) is 22.7 Å². The molecule has 1 fully saturated rings. The standard InChI is InChI=1S/C20H19FN4O2S/c21-16-6-4-8-18(14-16)28(26,27)24-17-7-3-5-15(13-17)19-9-10-20(23-22-19)25-11-1-2-12-25/h3-10,13-14,24H,1-2,11-12H2. The van der Waals surface area contributed by atoms with E-state index >= 15 is 0 Å². The predicted molar refractivity (Wildman–Crippen MR) is 106 cm³/mol. The Hall–Kier alpha value is -3.00. The molecule has 0 aliphatic carbocycles. The van der Waals surface area contributed by atoms with Crippen LogP contribution in [-0.2, 0) is 10.0 Å². The van der Waals surface area contributed by atoms with Gasteiger partial charge in [0.2, 0.25) is 0 Å². The van der Waals surface area contributed by atoms with E-state index in [1.807, 2.05) is 18.2 Å². The molecule has 1 N–H and O–H groups in total. The summed E-state index contributed by atoms with van der Waals surface area (Å²) in [5.41, 5.74) is 1.75. The van der Waals surface area contributed by atoms with Gasteiger partial charge in [-0.3, -0.25) is 4.72 Å². The van der Waals surface area contributed by atoms with Crippen molar-refractivity contribution in [2.24, 2.45) is 0 Å². The molecule has 0 spiro atoms. The van der Waals surface area contributed by atoms with Gasteiger partial charge in [0.15, 0.2) is 5.82 Å². The Morgan fingerprint density at radius 1 is 0.929 bits per heavy atom. The van der Waals surface area contributed by atoms with Gasteiger partial charge in [0, 0.05) is 24.3 Å². The molecule has 1 aliphatic heterocycles. The number of anilines is 2. The maximum absolute atomic E-state index is 13.4. The first-order chi connectivity index (χ1) is 13.5. The van der Waals surface area contributed by atoms with Crippen molar-refractivity contribution in [3.05, 3.63) is 66.5 Å². The van der Waals surface area contributed by atoms with Crippen LogP contribution in [0.2, 0.25) is 0 Å². The summed E-state index contributed by atoms with van der Waals surface area (Å²) in [5.74, 6) is 0.245. The van der Waals surface area contributed by atoms with Crippen LogP contribution in [0, 0.1) is 5.82 Å². The van der Waals surface area contributed by atoms with Gasteiger partial charge in [-0.1, -0.05) is 18.2 Å². The molecule has 0 amide bonds. The maximum atomic E-state index is 13.4. The van der Waals surface area contributed by atoms with Crippen LogP contribution < -0.4 is 9.62 Å². The smallest absolute Gasteiger partial charge is 0.261 e. The Morgan fingerprint density at radius 2 is 1.71 bits per heavy atom. The van der Waals surface area contributed by atoms with Crippen molar-refractivity contribution in [1.29, 1.82) is 0 Å². The zero-order chi connectivity index (χ0) is 19.6. The van der Waals surface area contributed by atoms with Gasteiger partial charge in [-0.2, -0.15) is 0 Å². The minimum Gasteiger partial charge on any atom is -0.355 e. The Bertz CT molecular complexity index is 1080. The predicted octanol–water partition coefficient (Wildman–Crippen LogP) is 3.68. The molecule has 2 aromatic carbocycles. The number of rotatable bonds is 5. The fourth-order valence-corrected chi connectivity index (χ4v) is 4.26. The molecule has 3 aromatic rings. The summed E-state index contributed by atoms with van der Waals surface area (Å²) >= 11 is 0. The van der Waals surface area contributed by atoms with Gasteiger partial charge in [0.1, 0.15) is 5.82 Å². The Morgan fingerprint density at radius 3 is 2.43 bits per heavy atom. The van der Waals surface area contributed by atoms with E-state index in [0.29, 0.717) is 11.4 Å². The normalized spacial score (nSPS) is 14.2. The van der Waals surface area contributed by atoms with Crippen LogP contribution in [0.4, 0.5) is 15.9 Å². The van der Waals surface area contributed by atoms with E-state index in [1.54, 1.807) is 18.2 Å². The molecule has 6 nitrogen and oxygen atoms in total. The SMILES string of the molecule is O=S(=O)(Nc1cccc(-c2ccc(N3CCCC3)nn2)c1)c1cccc(F)c1. The van der Waals surface area contributed by atoms with E-state index in [0.717, 1.165) is 43.4 Å². The Labute approximate surface area is 163 Å². The van der Waals surface area contributed by atoms with Crippen molar-refractivity contribution in [3.8, 4) is 11.3 Å². The second-order valence-corrected chi connectivity index (χ2v) is 8.30. The van der Waals surface area contributed by atoms with Gasteiger partial charge in [0.05, 0.1) is 10.6 Å². The van der Waals surface area contributed by atoms with Gasteiger partial charge in [0.25, 0.3) is 10.0 Å². The Balaban J connectivity index is 1.56. The third-order valence-electron chi connectivity index (χ3n) is 4.60. The minimum absolute atomic E-state index is 0.132. The van der Waals surface area contributed by atoms with Crippen LogP contribution in [0.15, 0.2) is 65.6 Å². The second kappa shape index (κ2) is 7.55. The van der Waals surface area contributed by atoms with Crippen molar-refractivity contribution in [2.45, 2.75) is 17.7 Å². The molecular formula is C20H19FN4O2S. The number of sulfonamides is 1. The number of nitrogens with one attached hydrogen (secondary N) is 1. The van der Waals surface area contributed by atoms with Gasteiger partial charge >= 0.3 is 0 Å². The highest BCUT2D eigenvalue weighted by Gasteiger charge is 2.16. The van der Waals surface area contributed by atoms with Crippen molar-refractivity contribution in [1.82, 2.24) is 10.2 Å². The number of aromatic nitrogens is 2. The van der Waals surface area contributed by atoms with Crippen molar-refractivity contribution in [3.63, 3.8) is 0 Å². The molecule has 28 heavy (non-hydrogen) atoms. The van der Waals surface area contributed by atoms with E-state index in [2.05, 4.69) is 19.8 Å². The zero-order valence-corrected chi connectivity index (χ0v) is 15.9. The number of benzene rings is 2. The van der Waals surface area contributed by atoms with E-state index < -0.39 is 15.8 Å². The third kappa shape index (κ3) is 3.96. The molecule has 0 saturated carbocycles. The van der Waals surface area contributed by atoms with E-state index in [4.69, 9.17) is 0 Å². The van der Waals surface area contributed by atoms with Gasteiger partial charge in [-0.15, -0.1) is 10.2 Å². The summed E-state index contributed by atoms with van der Waals surface area (Å²) in [6.07, 6.45) is 2.33. The number of nitrogens with zero attached hydrogens (tertiary/aromatic N) is 3. The molecule has 0 atom stereocenters. The highest BCUT2D eigenvalue weighted by atomic mass is 32.2. The Kier molecular flexibility index (Phi) is 4.95. The number of hydrogen-bond donors (Lipinski definition) is 1. The van der Waals surface area contributed by atoms with Gasteiger partial charge < -0.3 is 4.90 Å². The molecule has 0 unspecified atom stereocenters. The quantitative estimate of drug-likeness (QED) is 0.710. The largest absolute Gasteiger partial charge is 0.355 e. The maximum Gasteiger partial charge on any atom is 0.261 e. The topological polar surface area (TPSA) is 75.2 Å². The summed E-state index contributed by atoms with van der Waals surface area (Å²) in [4.78, 5) is 2.06. The summed E-state index contributed by atoms with van der Waals surface area (Å²) in [5, 5.41) is 8.58. The first-order valence-electron chi connectivity index (χ1n) is 8.99. The molecular weight excluding hydrogens is 379 g/mol. The average molecular weight is 398 g/mol. The molecule has 2 heterocycles. The van der Waals surface area contributed by atoms with Gasteiger partial charge in [-0.25, -0.2) is 12.8 Å². The molecule has 144 valence electrons. The summed E-state index contributed by atoms with van der Waals surface area (Å²) < 4.78 is 40.8. The fraction of sp³-hybridized carbons (Fsp3) is 0.200. The number of halogens is 1. The molecule has 1 aliphatic rings. The molecule has 4 rings (SSSR count). The molecule has 0 bridgehead atoms. The fourth-order valence-electron chi connectivity index (χ4n) is 3.18. The lowest BCUT2D eigenvalue weighted by Gasteiger charge is -2.15. The lowest BCUT2D eigenvalue weighted by Crippen LogP contribution is -2.19. The van der Waals surface area contributed by atoms with E-state index in [9.17, 15) is 12.8 Å². The number of hydrogen-bond acceptors (Lipinski definition) is 5. The average Bonchev–Trinajstić information content (AvgIpc) is 3.23.